The van der Waals surface area contributed by atoms with E-state index in [1.165, 1.54) is 50.6 Å². The van der Waals surface area contributed by atoms with Crippen molar-refractivity contribution in [3.05, 3.63) is 395 Å². The van der Waals surface area contributed by atoms with Crippen molar-refractivity contribution in [3.8, 4) is 51.7 Å². The van der Waals surface area contributed by atoms with Gasteiger partial charge in [-0.25, -0.2) is 4.39 Å². The lowest BCUT2D eigenvalue weighted by atomic mass is 9.82. The molecule has 0 aliphatic carbocycles. The minimum absolute atomic E-state index is 0. The van der Waals surface area contributed by atoms with Crippen molar-refractivity contribution in [3.63, 3.8) is 0 Å². The van der Waals surface area contributed by atoms with Crippen LogP contribution < -0.4 is 43.2 Å². The van der Waals surface area contributed by atoms with Gasteiger partial charge in [0.15, 0.2) is 0 Å². The van der Waals surface area contributed by atoms with Crippen LogP contribution in [0.4, 0.5) is 4.39 Å². The van der Waals surface area contributed by atoms with E-state index in [1.807, 2.05) is 109 Å². The first-order valence-corrected chi connectivity index (χ1v) is 46.2. The van der Waals surface area contributed by atoms with E-state index in [2.05, 4.69) is 202 Å². The number of aliphatic carboxylic acids is 1. The third-order valence-corrected chi connectivity index (χ3v) is 26.3. The van der Waals surface area contributed by atoms with Gasteiger partial charge in [0.05, 0.1) is 41.8 Å². The van der Waals surface area contributed by atoms with Crippen LogP contribution in [0, 0.1) is 5.82 Å². The lowest BCUT2D eigenvalue weighted by molar-refractivity contribution is -0.137. The molecule has 8 aliphatic heterocycles. The average molecular weight is 1940 g/mol. The maximum Gasteiger partial charge on any atom is 0.304 e. The quantitative estimate of drug-likeness (QED) is 0.0397. The summed E-state index contributed by atoms with van der Waals surface area (Å²) in [5, 5.41) is 31.7. The normalized spacial score (nSPS) is 18.3. The lowest BCUT2D eigenvalue weighted by Gasteiger charge is -2.23. The van der Waals surface area contributed by atoms with Crippen LogP contribution in [0.3, 0.4) is 0 Å². The molecule has 0 saturated carbocycles. The third kappa shape index (κ3) is 26.4. The fraction of sp³-hybridized carbons (Fsp3) is 0.280. The summed E-state index contributed by atoms with van der Waals surface area (Å²) < 4.78 is 61.6. The number of hydrogen-bond donors (Lipinski definition) is 4. The minimum atomic E-state index is -0.760. The van der Waals surface area contributed by atoms with Crippen LogP contribution in [0.15, 0.2) is 323 Å². The SMILES string of the molecule is Brc1ccc(OCc2ccccc2)cc1OCC1=CCN(Cc2ccccc2)C1.Cl.Fc1cc(OCc2ccccc2)ccc1Br.O=C(O)CCN1CCC2(COc3cc(OCc4c(Cl)cccc4Cl)ccc32)C1.OCC1=CCN(Cc2ccccc2)C1.Oc1ccc2c(c1)OCC21CCNC1.c1ccc(COc2ccc3c(c2)OCC32CCN(Cc3ccccc3)C2)cc1. The molecule has 3 unspecified atom stereocenters. The van der Waals surface area contributed by atoms with Gasteiger partial charge in [-0.1, -0.05) is 242 Å². The Kier molecular flexibility index (Phi) is 34.4. The maximum absolute atomic E-state index is 13.2. The highest BCUT2D eigenvalue weighted by Gasteiger charge is 2.48. The molecule has 3 spiro atoms. The summed E-state index contributed by atoms with van der Waals surface area (Å²) >= 11 is 19.1. The van der Waals surface area contributed by atoms with Crippen LogP contribution in [0.1, 0.15) is 81.3 Å². The highest BCUT2D eigenvalue weighted by molar-refractivity contribution is 9.10. The zero-order valence-corrected chi connectivity index (χ0v) is 78.1. The van der Waals surface area contributed by atoms with Gasteiger partial charge in [-0.15, -0.1) is 12.4 Å². The molecule has 0 aromatic heterocycles. The number of ether oxygens (including phenoxy) is 8. The second-order valence-corrected chi connectivity index (χ2v) is 36.2. The van der Waals surface area contributed by atoms with Crippen LogP contribution in [0.2, 0.25) is 10.0 Å². The third-order valence-electron chi connectivity index (χ3n) is 24.3. The second kappa shape index (κ2) is 46.9. The lowest BCUT2D eigenvalue weighted by Crippen LogP contribution is -2.33. The van der Waals surface area contributed by atoms with Crippen molar-refractivity contribution in [2.75, 3.05) is 105 Å². The van der Waals surface area contributed by atoms with Crippen molar-refractivity contribution >= 4 is 73.4 Å². The molecule has 3 atom stereocenters. The number of nitrogens with zero attached hydrogens (tertiary/aromatic N) is 4. The molecule has 23 heteroatoms. The van der Waals surface area contributed by atoms with Gasteiger partial charge in [-0.3, -0.25) is 19.5 Å². The standard InChI is InChI=1S/C25H24BrNO2.C25H25NO2.C21H21Cl2NO4.C13H10BrFO.C12H15NO.C11H13NO2.ClH/c26-24-12-11-23(28-18-21-9-5-2-6-10-21)15-25(24)29-19-22-13-14-27(17-22)16-20-7-3-1-4-8-20;1-3-7-20(8-4-1)16-26-14-13-25(18-26)19-28-24-15-22(11-12-23(24)25)27-17-21-9-5-2-6-10-21;22-17-2-1-3-18(23)15(17)11-27-14-4-5-16-19(10-14)28-13-21(16)7-9-24(12-21)8-6-20(25)26;14-12-7-6-11(8-13(12)15)16-9-10-4-2-1-3-5-10;14-10-12-6-7-13(9-12)8-11-4-2-1-3-5-11;13-8-1-2-9-10(5-8)14-7-11(9)3-4-12-6-11;/h1-13,15H,14,16-19H2;1-12,15H,13-14,16-19H2;1-5,10H,6-9,11-13H2,(H,25,26);1-8H,9H2;1-6,14H,7-10H2;1-2,5,12-13H,3-4,6-7H2;1H. The summed E-state index contributed by atoms with van der Waals surface area (Å²) in [7, 11) is 0. The molecule has 0 radical (unpaired) electrons. The predicted octanol–water partition coefficient (Wildman–Crippen LogP) is 22.1. The number of aliphatic hydroxyl groups is 1. The van der Waals surface area contributed by atoms with E-state index in [4.69, 9.17) is 71.3 Å². The molecule has 12 aromatic carbocycles. The van der Waals surface area contributed by atoms with E-state index in [0.29, 0.717) is 65.6 Å². The monoisotopic (exact) mass is 1940 g/mol. The van der Waals surface area contributed by atoms with Crippen molar-refractivity contribution in [1.29, 1.82) is 0 Å². The number of aliphatic hydroxyl groups excluding tert-OH is 1. The van der Waals surface area contributed by atoms with Crippen LogP contribution in [-0.4, -0.2) is 146 Å². The summed E-state index contributed by atoms with van der Waals surface area (Å²) in [6.45, 7) is 18.0. The summed E-state index contributed by atoms with van der Waals surface area (Å²) in [6.07, 6.45) is 7.80. The molecule has 0 amide bonds. The second-order valence-electron chi connectivity index (χ2n) is 33.7. The maximum atomic E-state index is 13.2. The van der Waals surface area contributed by atoms with Crippen molar-refractivity contribution < 1.29 is 62.4 Å². The summed E-state index contributed by atoms with van der Waals surface area (Å²) in [6, 6.07) is 95.7. The average Bonchev–Trinajstić information content (AvgIpc) is 1.59. The zero-order valence-electron chi connectivity index (χ0n) is 72.6. The molecule has 4 N–H and O–H groups in total. The number of carbonyl (C=O) groups is 1. The Morgan fingerprint density at radius 2 is 0.854 bits per heavy atom. The number of carboxylic acid groups (broad SMARTS) is 1. The van der Waals surface area contributed by atoms with E-state index >= 15 is 0 Å². The Morgan fingerprint density at radius 3 is 1.34 bits per heavy atom. The Morgan fingerprint density at radius 1 is 0.438 bits per heavy atom. The van der Waals surface area contributed by atoms with Crippen molar-refractivity contribution in [2.45, 2.75) is 88.0 Å². The first-order chi connectivity index (χ1) is 63.0. The number of likely N-dealkylation sites (tertiary alicyclic amines) is 2. The highest BCUT2D eigenvalue weighted by atomic mass is 79.9. The summed E-state index contributed by atoms with van der Waals surface area (Å²) in [5.74, 6) is 5.61. The molecule has 3 saturated heterocycles. The van der Waals surface area contributed by atoms with Gasteiger partial charge in [0.25, 0.3) is 0 Å². The fourth-order valence-corrected chi connectivity index (χ4v) is 18.4. The molecule has 676 valence electrons. The number of nitrogens with one attached hydrogen (secondary N) is 1. The van der Waals surface area contributed by atoms with Gasteiger partial charge in [0, 0.05) is 151 Å². The molecule has 8 aliphatic rings. The molecule has 3 fully saturated rings. The van der Waals surface area contributed by atoms with Gasteiger partial charge in [-0.05, 0) is 170 Å². The predicted molar refractivity (Wildman–Crippen MR) is 520 cm³/mol. The van der Waals surface area contributed by atoms with Gasteiger partial charge >= 0.3 is 5.97 Å². The van der Waals surface area contributed by atoms with Crippen molar-refractivity contribution in [2.24, 2.45) is 0 Å². The molecule has 20 rings (SSSR count). The number of hydrogen-bond acceptors (Lipinski definition) is 16. The van der Waals surface area contributed by atoms with Gasteiger partial charge < -0.3 is 63.4 Å². The number of carboxylic acids is 1. The topological polar surface area (TPSA) is 177 Å². The van der Waals surface area contributed by atoms with Crippen LogP contribution in [0.25, 0.3) is 0 Å². The zero-order chi connectivity index (χ0) is 89.2. The van der Waals surface area contributed by atoms with E-state index in [1.54, 1.807) is 42.5 Å². The first kappa shape index (κ1) is 95.4. The van der Waals surface area contributed by atoms with Gasteiger partial charge in [0.1, 0.15) is 90.6 Å². The Balaban J connectivity index is 0.000000129. The highest BCUT2D eigenvalue weighted by Crippen LogP contribution is 2.49. The van der Waals surface area contributed by atoms with Crippen LogP contribution in [0.5, 0.6) is 51.7 Å². The number of rotatable bonds is 25. The summed E-state index contributed by atoms with van der Waals surface area (Å²) in [5.41, 5.74) is 14.6. The Hall–Kier alpha value is -10.7. The molecule has 17 nitrogen and oxygen atoms in total. The van der Waals surface area contributed by atoms with Crippen LogP contribution >= 0.6 is 67.5 Å². The number of phenolic OH excluding ortho intramolecular Hbond substituents is 1. The number of aromatic hydroxyl groups is 1. The molecular weight excluding hydrogens is 1830 g/mol. The fourth-order valence-electron chi connectivity index (χ4n) is 17.3. The largest absolute Gasteiger partial charge is 0.508 e. The van der Waals surface area contributed by atoms with E-state index < -0.39 is 5.97 Å². The van der Waals surface area contributed by atoms with E-state index in [-0.39, 0.29) is 59.9 Å². The molecule has 130 heavy (non-hydrogen) atoms. The number of phenols is 1. The van der Waals surface area contributed by atoms with E-state index in [0.717, 1.165) is 179 Å². The minimum Gasteiger partial charge on any atom is -0.508 e. The van der Waals surface area contributed by atoms with Crippen LogP contribution in [-0.2, 0) is 67.1 Å². The number of benzene rings is 12. The Bertz CT molecular complexity index is 5700. The van der Waals surface area contributed by atoms with E-state index in [9.17, 15) is 14.3 Å². The Labute approximate surface area is 794 Å². The smallest absolute Gasteiger partial charge is 0.304 e. The molecule has 8 heterocycles. The number of halogens is 6. The summed E-state index contributed by atoms with van der Waals surface area (Å²) in [4.78, 5) is 20.3. The molecule has 12 aromatic rings. The first-order valence-electron chi connectivity index (χ1n) is 43.8. The number of fused-ring (bicyclic) bond motifs is 6. The van der Waals surface area contributed by atoms with Crippen molar-refractivity contribution in [1.82, 2.24) is 24.9 Å². The van der Waals surface area contributed by atoms with Gasteiger partial charge in [-0.2, -0.15) is 0 Å². The molecular formula is C107H109Br2Cl3FN5O12. The molecule has 0 bridgehead atoms. The van der Waals surface area contributed by atoms with Gasteiger partial charge in [0.2, 0.25) is 0 Å².